The van der Waals surface area contributed by atoms with Gasteiger partial charge in [-0.05, 0) is 24.7 Å². The minimum Gasteiger partial charge on any atom is -0.352 e. The molecule has 0 aromatic rings. The van der Waals surface area contributed by atoms with Gasteiger partial charge in [-0.2, -0.15) is 0 Å². The molecule has 0 aromatic carbocycles. The molecular weight excluding hydrogens is 188 g/mol. The Morgan fingerprint density at radius 2 is 2.13 bits per heavy atom. The van der Waals surface area contributed by atoms with Crippen LogP contribution in [-0.4, -0.2) is 18.0 Å². The van der Waals surface area contributed by atoms with Gasteiger partial charge in [0.15, 0.2) is 0 Å². The summed E-state index contributed by atoms with van der Waals surface area (Å²) in [6.45, 7) is 5.95. The second-order valence-corrected chi connectivity index (χ2v) is 5.33. The molecule has 1 amide bonds. The number of hydrogen-bond donors (Lipinski definition) is 2. The molecule has 0 bridgehead atoms. The molecule has 0 aliphatic heterocycles. The molecule has 86 valence electrons. The van der Waals surface area contributed by atoms with Crippen molar-refractivity contribution in [1.29, 1.82) is 0 Å². The van der Waals surface area contributed by atoms with Crippen LogP contribution in [0.2, 0.25) is 0 Å². The molecule has 0 aromatic heterocycles. The van der Waals surface area contributed by atoms with Gasteiger partial charge >= 0.3 is 0 Å². The summed E-state index contributed by atoms with van der Waals surface area (Å²) in [4.78, 5) is 11.8. The van der Waals surface area contributed by atoms with Crippen molar-refractivity contribution >= 4 is 5.91 Å². The van der Waals surface area contributed by atoms with Gasteiger partial charge in [0.05, 0.1) is 6.04 Å². The first kappa shape index (κ1) is 12.2. The Morgan fingerprint density at radius 1 is 1.47 bits per heavy atom. The minimum atomic E-state index is -0.427. The number of amides is 1. The molecule has 15 heavy (non-hydrogen) atoms. The van der Waals surface area contributed by atoms with Crippen LogP contribution in [0.1, 0.15) is 40.0 Å². The van der Waals surface area contributed by atoms with Gasteiger partial charge in [0.2, 0.25) is 5.91 Å². The summed E-state index contributed by atoms with van der Waals surface area (Å²) in [5, 5.41) is 3.01. The van der Waals surface area contributed by atoms with E-state index in [0.717, 1.165) is 19.3 Å². The summed E-state index contributed by atoms with van der Waals surface area (Å²) in [5.41, 5.74) is 5.71. The highest BCUT2D eigenvalue weighted by Gasteiger charge is 2.28. The minimum absolute atomic E-state index is 0.0252. The highest BCUT2D eigenvalue weighted by atomic mass is 16.2. The Labute approximate surface area is 92.1 Å². The van der Waals surface area contributed by atoms with E-state index in [4.69, 9.17) is 5.73 Å². The van der Waals surface area contributed by atoms with Gasteiger partial charge in [-0.25, -0.2) is 0 Å². The number of nitrogens with two attached hydrogens (primary N) is 1. The number of nitrogens with one attached hydrogen (secondary N) is 1. The SMILES string of the molecule is CC(C)(C)C(N)C(=O)NC1CC=CCC1. The molecule has 3 N–H and O–H groups in total. The molecule has 3 nitrogen and oxygen atoms in total. The predicted molar refractivity (Wildman–Crippen MR) is 62.4 cm³/mol. The molecule has 2 atom stereocenters. The summed E-state index contributed by atoms with van der Waals surface area (Å²) in [6, 6.07) is -0.153. The maximum absolute atomic E-state index is 11.8. The topological polar surface area (TPSA) is 55.1 Å². The molecule has 0 spiro atoms. The normalized spacial score (nSPS) is 23.6. The second-order valence-electron chi connectivity index (χ2n) is 5.33. The van der Waals surface area contributed by atoms with Crippen LogP contribution in [0.5, 0.6) is 0 Å². The zero-order chi connectivity index (χ0) is 11.5. The third-order valence-electron chi connectivity index (χ3n) is 2.83. The molecule has 0 saturated carbocycles. The first-order chi connectivity index (χ1) is 6.91. The lowest BCUT2D eigenvalue weighted by Gasteiger charge is -2.28. The molecule has 0 saturated heterocycles. The third kappa shape index (κ3) is 3.67. The molecule has 0 fully saturated rings. The van der Waals surface area contributed by atoms with Crippen LogP contribution in [0.4, 0.5) is 0 Å². The van der Waals surface area contributed by atoms with Crippen LogP contribution in [-0.2, 0) is 4.79 Å². The average Bonchev–Trinajstić information content (AvgIpc) is 2.16. The molecule has 1 rings (SSSR count). The van der Waals surface area contributed by atoms with Gasteiger partial charge in [-0.1, -0.05) is 32.9 Å². The van der Waals surface area contributed by atoms with Crippen molar-refractivity contribution in [3.8, 4) is 0 Å². The summed E-state index contributed by atoms with van der Waals surface area (Å²) in [5.74, 6) is -0.0252. The Kier molecular flexibility index (Phi) is 3.91. The fraction of sp³-hybridized carbons (Fsp3) is 0.750. The van der Waals surface area contributed by atoms with E-state index in [-0.39, 0.29) is 17.4 Å². The van der Waals surface area contributed by atoms with Crippen molar-refractivity contribution in [3.05, 3.63) is 12.2 Å². The zero-order valence-corrected chi connectivity index (χ0v) is 9.92. The van der Waals surface area contributed by atoms with Crippen molar-refractivity contribution in [1.82, 2.24) is 5.32 Å². The smallest absolute Gasteiger partial charge is 0.237 e. The number of carbonyl (C=O) groups excluding carboxylic acids is 1. The van der Waals surface area contributed by atoms with Crippen LogP contribution in [0.25, 0.3) is 0 Å². The summed E-state index contributed by atoms with van der Waals surface area (Å²) >= 11 is 0. The second kappa shape index (κ2) is 4.79. The van der Waals surface area contributed by atoms with Crippen LogP contribution < -0.4 is 11.1 Å². The lowest BCUT2D eigenvalue weighted by molar-refractivity contribution is -0.125. The lowest BCUT2D eigenvalue weighted by atomic mass is 9.86. The standard InChI is InChI=1S/C12H22N2O/c1-12(2,3)10(13)11(15)14-9-7-5-4-6-8-9/h4-5,9-10H,6-8,13H2,1-3H3,(H,14,15). The van der Waals surface area contributed by atoms with Gasteiger partial charge in [0.1, 0.15) is 0 Å². The zero-order valence-electron chi connectivity index (χ0n) is 9.92. The van der Waals surface area contributed by atoms with Crippen LogP contribution >= 0.6 is 0 Å². The predicted octanol–water partition coefficient (Wildman–Crippen LogP) is 1.58. The molecule has 0 heterocycles. The van der Waals surface area contributed by atoms with E-state index in [9.17, 15) is 4.79 Å². The maximum atomic E-state index is 11.8. The van der Waals surface area contributed by atoms with Crippen molar-refractivity contribution in [2.24, 2.45) is 11.1 Å². The number of carbonyl (C=O) groups is 1. The van der Waals surface area contributed by atoms with E-state index in [1.807, 2.05) is 20.8 Å². The fourth-order valence-corrected chi connectivity index (χ4v) is 1.61. The average molecular weight is 210 g/mol. The first-order valence-electron chi connectivity index (χ1n) is 5.62. The quantitative estimate of drug-likeness (QED) is 0.680. The van der Waals surface area contributed by atoms with Gasteiger partial charge in [0.25, 0.3) is 0 Å². The van der Waals surface area contributed by atoms with E-state index in [1.54, 1.807) is 0 Å². The number of rotatable bonds is 2. The molecule has 0 radical (unpaired) electrons. The Morgan fingerprint density at radius 3 is 2.60 bits per heavy atom. The van der Waals surface area contributed by atoms with E-state index >= 15 is 0 Å². The van der Waals surface area contributed by atoms with Crippen molar-refractivity contribution in [2.45, 2.75) is 52.1 Å². The Balaban J connectivity index is 2.44. The third-order valence-corrected chi connectivity index (χ3v) is 2.83. The van der Waals surface area contributed by atoms with Gasteiger partial charge in [-0.15, -0.1) is 0 Å². The molecule has 2 unspecified atom stereocenters. The van der Waals surface area contributed by atoms with Crippen molar-refractivity contribution < 1.29 is 4.79 Å². The van der Waals surface area contributed by atoms with E-state index in [2.05, 4.69) is 17.5 Å². The monoisotopic (exact) mass is 210 g/mol. The first-order valence-corrected chi connectivity index (χ1v) is 5.62. The van der Waals surface area contributed by atoms with E-state index in [1.165, 1.54) is 0 Å². The Hall–Kier alpha value is -0.830. The number of hydrogen-bond acceptors (Lipinski definition) is 2. The largest absolute Gasteiger partial charge is 0.352 e. The summed E-state index contributed by atoms with van der Waals surface area (Å²) in [6.07, 6.45) is 7.29. The van der Waals surface area contributed by atoms with Gasteiger partial charge in [-0.3, -0.25) is 4.79 Å². The molecule has 1 aliphatic rings. The van der Waals surface area contributed by atoms with Crippen LogP contribution in [0, 0.1) is 5.41 Å². The number of allylic oxidation sites excluding steroid dienone is 1. The summed E-state index contributed by atoms with van der Waals surface area (Å²) in [7, 11) is 0. The van der Waals surface area contributed by atoms with Crippen molar-refractivity contribution in [3.63, 3.8) is 0 Å². The fourth-order valence-electron chi connectivity index (χ4n) is 1.61. The molecule has 3 heteroatoms. The van der Waals surface area contributed by atoms with Crippen LogP contribution in [0.3, 0.4) is 0 Å². The van der Waals surface area contributed by atoms with E-state index < -0.39 is 6.04 Å². The lowest BCUT2D eigenvalue weighted by Crippen LogP contribution is -2.51. The van der Waals surface area contributed by atoms with E-state index in [0.29, 0.717) is 0 Å². The molecular formula is C12H22N2O. The highest BCUT2D eigenvalue weighted by molar-refractivity contribution is 5.82. The Bertz CT molecular complexity index is 253. The highest BCUT2D eigenvalue weighted by Crippen LogP contribution is 2.18. The summed E-state index contributed by atoms with van der Waals surface area (Å²) < 4.78 is 0. The van der Waals surface area contributed by atoms with Gasteiger partial charge < -0.3 is 11.1 Å². The molecule has 1 aliphatic carbocycles. The van der Waals surface area contributed by atoms with Crippen molar-refractivity contribution in [2.75, 3.05) is 0 Å². The maximum Gasteiger partial charge on any atom is 0.237 e. The van der Waals surface area contributed by atoms with Gasteiger partial charge in [0, 0.05) is 6.04 Å². The van der Waals surface area contributed by atoms with Crippen LogP contribution in [0.15, 0.2) is 12.2 Å².